The Morgan fingerprint density at radius 3 is 2.48 bits per heavy atom. The first-order valence-electron chi connectivity index (χ1n) is 9.12. The number of carboxylic acid groups (broad SMARTS) is 1. The van der Waals surface area contributed by atoms with Gasteiger partial charge in [-0.1, -0.05) is 6.92 Å². The first-order valence-corrected chi connectivity index (χ1v) is 9.12. The molecule has 27 heavy (non-hydrogen) atoms. The van der Waals surface area contributed by atoms with Gasteiger partial charge < -0.3 is 15.0 Å². The number of carbonyl (C=O) groups is 3. The van der Waals surface area contributed by atoms with E-state index in [0.717, 1.165) is 11.3 Å². The van der Waals surface area contributed by atoms with E-state index < -0.39 is 5.97 Å². The van der Waals surface area contributed by atoms with Crippen molar-refractivity contribution in [1.82, 2.24) is 19.7 Å². The quantitative estimate of drug-likeness (QED) is 0.784. The molecular weight excluding hydrogens is 348 g/mol. The summed E-state index contributed by atoms with van der Waals surface area (Å²) in [6.45, 7) is 6.39. The summed E-state index contributed by atoms with van der Waals surface area (Å²) >= 11 is 0. The number of H-pyrrole nitrogens is 1. The van der Waals surface area contributed by atoms with Crippen LogP contribution in [0.15, 0.2) is 12.4 Å². The number of nitrogens with one attached hydrogen (secondary N) is 1. The van der Waals surface area contributed by atoms with E-state index in [1.807, 2.05) is 13.8 Å². The summed E-state index contributed by atoms with van der Waals surface area (Å²) in [5, 5.41) is 13.2. The number of amides is 1. The number of hydrogen-bond donors (Lipinski definition) is 2. The molecule has 0 unspecified atom stereocenters. The summed E-state index contributed by atoms with van der Waals surface area (Å²) < 4.78 is 1.68. The highest BCUT2D eigenvalue weighted by Crippen LogP contribution is 2.26. The van der Waals surface area contributed by atoms with Crippen LogP contribution in [-0.2, 0) is 6.42 Å². The number of carbonyl (C=O) groups excluding carboxylic acids is 2. The van der Waals surface area contributed by atoms with Crippen molar-refractivity contribution in [2.24, 2.45) is 0 Å². The van der Waals surface area contributed by atoms with E-state index in [0.29, 0.717) is 43.6 Å². The fourth-order valence-electron chi connectivity index (χ4n) is 3.83. The molecule has 8 heteroatoms. The lowest BCUT2D eigenvalue weighted by molar-refractivity contribution is 0.0682. The number of aromatic carboxylic acids is 1. The first-order chi connectivity index (χ1) is 12.8. The third-order valence-corrected chi connectivity index (χ3v) is 5.18. The minimum atomic E-state index is -0.996. The third-order valence-electron chi connectivity index (χ3n) is 5.18. The number of aromatic nitrogens is 3. The summed E-state index contributed by atoms with van der Waals surface area (Å²) in [6.07, 6.45) is 4.90. The van der Waals surface area contributed by atoms with Crippen LogP contribution in [-0.4, -0.2) is 55.5 Å². The normalized spacial score (nSPS) is 15.1. The zero-order valence-electron chi connectivity index (χ0n) is 15.8. The second kappa shape index (κ2) is 7.38. The minimum Gasteiger partial charge on any atom is -0.478 e. The van der Waals surface area contributed by atoms with E-state index in [1.165, 1.54) is 19.3 Å². The van der Waals surface area contributed by atoms with Gasteiger partial charge in [0.25, 0.3) is 5.91 Å². The molecule has 0 spiro atoms. The SMILES string of the molecule is CCc1c(C(=O)N2CCC(n3cc(C(=O)O)cn3)CC2)[nH]c(C)c1C(C)=O. The van der Waals surface area contributed by atoms with Crippen molar-refractivity contribution in [3.05, 3.63) is 40.5 Å². The summed E-state index contributed by atoms with van der Waals surface area (Å²) in [7, 11) is 0. The molecule has 0 bridgehead atoms. The highest BCUT2D eigenvalue weighted by Gasteiger charge is 2.29. The molecule has 8 nitrogen and oxygen atoms in total. The maximum Gasteiger partial charge on any atom is 0.338 e. The number of hydrogen-bond acceptors (Lipinski definition) is 4. The van der Waals surface area contributed by atoms with Gasteiger partial charge in [0.15, 0.2) is 5.78 Å². The molecule has 3 heterocycles. The summed E-state index contributed by atoms with van der Waals surface area (Å²) in [5.41, 5.74) is 2.81. The molecule has 0 aliphatic carbocycles. The van der Waals surface area contributed by atoms with Crippen molar-refractivity contribution < 1.29 is 19.5 Å². The Labute approximate surface area is 157 Å². The number of likely N-dealkylation sites (tertiary alicyclic amines) is 1. The number of nitrogens with zero attached hydrogens (tertiary/aromatic N) is 3. The van der Waals surface area contributed by atoms with Crippen LogP contribution in [0, 0.1) is 6.92 Å². The number of carboxylic acids is 1. The lowest BCUT2D eigenvalue weighted by Crippen LogP contribution is -2.39. The van der Waals surface area contributed by atoms with Crippen LogP contribution in [0.2, 0.25) is 0 Å². The van der Waals surface area contributed by atoms with Crippen molar-refractivity contribution in [3.63, 3.8) is 0 Å². The Morgan fingerprint density at radius 1 is 1.30 bits per heavy atom. The average molecular weight is 372 g/mol. The number of aryl methyl sites for hydroxylation is 1. The van der Waals surface area contributed by atoms with Crippen LogP contribution in [0.25, 0.3) is 0 Å². The molecule has 2 N–H and O–H groups in total. The molecule has 0 saturated carbocycles. The van der Waals surface area contributed by atoms with Gasteiger partial charge in [-0.2, -0.15) is 5.10 Å². The van der Waals surface area contributed by atoms with Gasteiger partial charge in [0.2, 0.25) is 0 Å². The number of ketones is 1. The minimum absolute atomic E-state index is 0.0359. The zero-order valence-corrected chi connectivity index (χ0v) is 15.8. The maximum absolute atomic E-state index is 13.0. The van der Waals surface area contributed by atoms with E-state index in [4.69, 9.17) is 5.11 Å². The Hall–Kier alpha value is -2.90. The van der Waals surface area contributed by atoms with Crippen molar-refractivity contribution in [2.45, 2.75) is 46.1 Å². The molecule has 0 atom stereocenters. The molecule has 0 aromatic carbocycles. The fourth-order valence-corrected chi connectivity index (χ4v) is 3.83. The highest BCUT2D eigenvalue weighted by molar-refractivity contribution is 6.02. The maximum atomic E-state index is 13.0. The van der Waals surface area contributed by atoms with Crippen molar-refractivity contribution in [3.8, 4) is 0 Å². The van der Waals surface area contributed by atoms with Gasteiger partial charge in [-0.3, -0.25) is 14.3 Å². The topological polar surface area (TPSA) is 108 Å². The molecule has 1 aliphatic heterocycles. The number of piperidine rings is 1. The molecule has 144 valence electrons. The Kier molecular flexibility index (Phi) is 5.16. The lowest BCUT2D eigenvalue weighted by Gasteiger charge is -2.32. The molecular formula is C19H24N4O4. The Balaban J connectivity index is 1.72. The van der Waals surface area contributed by atoms with Gasteiger partial charge in [-0.05, 0) is 38.7 Å². The van der Waals surface area contributed by atoms with Crippen LogP contribution >= 0.6 is 0 Å². The summed E-state index contributed by atoms with van der Waals surface area (Å²) in [4.78, 5) is 40.8. The van der Waals surface area contributed by atoms with Gasteiger partial charge in [0, 0.05) is 30.5 Å². The van der Waals surface area contributed by atoms with Gasteiger partial charge in [0.05, 0.1) is 17.8 Å². The first kappa shape index (κ1) is 18.9. The van der Waals surface area contributed by atoms with Crippen molar-refractivity contribution in [1.29, 1.82) is 0 Å². The standard InChI is InChI=1S/C19H24N4O4/c1-4-15-16(12(3)24)11(2)21-17(15)18(25)22-7-5-14(6-8-22)23-10-13(9-20-23)19(26)27/h9-10,14,21H,4-8H2,1-3H3,(H,26,27). The predicted octanol–water partition coefficient (Wildman–Crippen LogP) is 2.46. The van der Waals surface area contributed by atoms with Crippen LogP contribution in [0.4, 0.5) is 0 Å². The van der Waals surface area contributed by atoms with E-state index in [-0.39, 0.29) is 23.3 Å². The monoisotopic (exact) mass is 372 g/mol. The van der Waals surface area contributed by atoms with Gasteiger partial charge in [-0.25, -0.2) is 4.79 Å². The van der Waals surface area contributed by atoms with E-state index in [1.54, 1.807) is 9.58 Å². The molecule has 1 amide bonds. The summed E-state index contributed by atoms with van der Waals surface area (Å²) in [6, 6.07) is 0.0750. The van der Waals surface area contributed by atoms with Gasteiger partial charge in [-0.15, -0.1) is 0 Å². The number of aromatic amines is 1. The van der Waals surface area contributed by atoms with Crippen LogP contribution in [0.1, 0.15) is 75.2 Å². The van der Waals surface area contributed by atoms with E-state index in [2.05, 4.69) is 10.1 Å². The molecule has 2 aromatic heterocycles. The van der Waals surface area contributed by atoms with E-state index >= 15 is 0 Å². The largest absolute Gasteiger partial charge is 0.478 e. The molecule has 2 aromatic rings. The third kappa shape index (κ3) is 3.51. The van der Waals surface area contributed by atoms with Crippen molar-refractivity contribution >= 4 is 17.7 Å². The summed E-state index contributed by atoms with van der Waals surface area (Å²) in [5.74, 6) is -1.12. The predicted molar refractivity (Wildman–Crippen MR) is 98.3 cm³/mol. The smallest absolute Gasteiger partial charge is 0.338 e. The van der Waals surface area contributed by atoms with E-state index in [9.17, 15) is 14.4 Å². The zero-order chi connectivity index (χ0) is 19.7. The highest BCUT2D eigenvalue weighted by atomic mass is 16.4. The van der Waals surface area contributed by atoms with Gasteiger partial charge in [0.1, 0.15) is 5.69 Å². The Bertz CT molecular complexity index is 888. The molecule has 1 fully saturated rings. The number of rotatable bonds is 5. The molecule has 1 aliphatic rings. The van der Waals surface area contributed by atoms with Gasteiger partial charge >= 0.3 is 5.97 Å². The second-order valence-corrected chi connectivity index (χ2v) is 6.93. The fraction of sp³-hybridized carbons (Fsp3) is 0.474. The van der Waals surface area contributed by atoms with Crippen molar-refractivity contribution in [2.75, 3.05) is 13.1 Å². The van der Waals surface area contributed by atoms with Crippen LogP contribution in [0.3, 0.4) is 0 Å². The lowest BCUT2D eigenvalue weighted by atomic mass is 10.0. The second-order valence-electron chi connectivity index (χ2n) is 6.93. The van der Waals surface area contributed by atoms with Crippen LogP contribution in [0.5, 0.6) is 0 Å². The molecule has 1 saturated heterocycles. The number of Topliss-reactive ketones (excluding diaryl/α,β-unsaturated/α-hetero) is 1. The molecule has 0 radical (unpaired) electrons. The average Bonchev–Trinajstić information content (AvgIpc) is 3.25. The molecule has 3 rings (SSSR count). The Morgan fingerprint density at radius 2 is 1.96 bits per heavy atom. The van der Waals surface area contributed by atoms with Crippen LogP contribution < -0.4 is 0 Å².